The van der Waals surface area contributed by atoms with Gasteiger partial charge in [-0.25, -0.2) is 9.59 Å². The standard InChI is InChI=1S/C25H30N2O6/c1-18(23(28)26-15-16-31-2)9-14-22(20-10-12-21(13-11-20)24(29)32-3)27-25(30)33-17-19-7-5-4-6-8-19/h4-14,18,22H,15-17H2,1-3H3,(H,26,28)(H,27,30)/b14-9+/t18-,22?/m1/s1. The Kier molecular flexibility index (Phi) is 10.6. The van der Waals surface area contributed by atoms with E-state index in [1.165, 1.54) is 7.11 Å². The molecular formula is C25H30N2O6. The van der Waals surface area contributed by atoms with Crippen molar-refractivity contribution in [1.29, 1.82) is 0 Å². The van der Waals surface area contributed by atoms with Gasteiger partial charge >= 0.3 is 12.1 Å². The molecule has 0 aliphatic carbocycles. The number of amides is 2. The Balaban J connectivity index is 2.10. The number of hydrogen-bond donors (Lipinski definition) is 2. The second-order valence-corrected chi connectivity index (χ2v) is 7.25. The van der Waals surface area contributed by atoms with Gasteiger partial charge in [-0.15, -0.1) is 0 Å². The van der Waals surface area contributed by atoms with Crippen LogP contribution in [0.2, 0.25) is 0 Å². The Hall–Kier alpha value is -3.65. The molecular weight excluding hydrogens is 424 g/mol. The highest BCUT2D eigenvalue weighted by molar-refractivity contribution is 5.89. The number of esters is 1. The van der Waals surface area contributed by atoms with E-state index in [0.717, 1.165) is 5.56 Å². The fraction of sp³-hybridized carbons (Fsp3) is 0.320. The predicted molar refractivity (Wildman–Crippen MR) is 123 cm³/mol. The van der Waals surface area contributed by atoms with Gasteiger partial charge in [0, 0.05) is 13.7 Å². The normalized spacial score (nSPS) is 12.6. The third kappa shape index (κ3) is 8.78. The fourth-order valence-electron chi connectivity index (χ4n) is 2.88. The summed E-state index contributed by atoms with van der Waals surface area (Å²) in [6.07, 6.45) is 2.82. The molecule has 1 unspecified atom stereocenters. The van der Waals surface area contributed by atoms with Crippen molar-refractivity contribution in [2.24, 2.45) is 5.92 Å². The molecule has 0 aromatic heterocycles. The van der Waals surface area contributed by atoms with Crippen molar-refractivity contribution < 1.29 is 28.6 Å². The number of carbonyl (C=O) groups is 3. The molecule has 0 aliphatic rings. The smallest absolute Gasteiger partial charge is 0.408 e. The summed E-state index contributed by atoms with van der Waals surface area (Å²) in [4.78, 5) is 36.4. The van der Waals surface area contributed by atoms with Gasteiger partial charge < -0.3 is 24.8 Å². The lowest BCUT2D eigenvalue weighted by molar-refractivity contribution is -0.123. The highest BCUT2D eigenvalue weighted by atomic mass is 16.5. The fourth-order valence-corrected chi connectivity index (χ4v) is 2.88. The van der Waals surface area contributed by atoms with Crippen LogP contribution in [0, 0.1) is 5.92 Å². The van der Waals surface area contributed by atoms with Crippen LogP contribution >= 0.6 is 0 Å². The maximum absolute atomic E-state index is 12.4. The van der Waals surface area contributed by atoms with Crippen molar-refractivity contribution in [1.82, 2.24) is 10.6 Å². The minimum absolute atomic E-state index is 0.128. The van der Waals surface area contributed by atoms with Crippen molar-refractivity contribution in [3.05, 3.63) is 83.4 Å². The van der Waals surface area contributed by atoms with E-state index in [1.54, 1.807) is 50.5 Å². The molecule has 8 heteroatoms. The number of ether oxygens (including phenoxy) is 3. The molecule has 8 nitrogen and oxygen atoms in total. The summed E-state index contributed by atoms with van der Waals surface area (Å²) in [5.41, 5.74) is 1.97. The summed E-state index contributed by atoms with van der Waals surface area (Å²) < 4.78 is 15.0. The van der Waals surface area contributed by atoms with E-state index in [1.807, 2.05) is 30.3 Å². The van der Waals surface area contributed by atoms with Crippen LogP contribution in [-0.4, -0.2) is 45.3 Å². The second-order valence-electron chi connectivity index (χ2n) is 7.25. The number of rotatable bonds is 11. The Bertz CT molecular complexity index is 928. The zero-order valence-electron chi connectivity index (χ0n) is 19.1. The zero-order valence-corrected chi connectivity index (χ0v) is 19.1. The van der Waals surface area contributed by atoms with Gasteiger partial charge in [-0.3, -0.25) is 4.79 Å². The van der Waals surface area contributed by atoms with Crippen LogP contribution in [0.15, 0.2) is 66.7 Å². The SMILES string of the molecule is COCCNC(=O)[C@H](C)/C=C/C(NC(=O)OCc1ccccc1)c1ccc(C(=O)OC)cc1. The first kappa shape index (κ1) is 25.6. The quantitative estimate of drug-likeness (QED) is 0.307. The maximum Gasteiger partial charge on any atom is 0.408 e. The van der Waals surface area contributed by atoms with E-state index in [0.29, 0.717) is 24.3 Å². The van der Waals surface area contributed by atoms with Gasteiger partial charge in [-0.1, -0.05) is 61.5 Å². The second kappa shape index (κ2) is 13.7. The molecule has 33 heavy (non-hydrogen) atoms. The van der Waals surface area contributed by atoms with Crippen LogP contribution in [0.1, 0.15) is 34.5 Å². The highest BCUT2D eigenvalue weighted by Gasteiger charge is 2.16. The largest absolute Gasteiger partial charge is 0.465 e. The first-order valence-electron chi connectivity index (χ1n) is 10.5. The van der Waals surface area contributed by atoms with E-state index in [2.05, 4.69) is 10.6 Å². The molecule has 0 bridgehead atoms. The number of nitrogens with one attached hydrogen (secondary N) is 2. The van der Waals surface area contributed by atoms with Gasteiger partial charge in [0.15, 0.2) is 0 Å². The van der Waals surface area contributed by atoms with Crippen molar-refractivity contribution in [3.8, 4) is 0 Å². The average Bonchev–Trinajstić information content (AvgIpc) is 2.85. The molecule has 0 saturated carbocycles. The molecule has 2 N–H and O–H groups in total. The van der Waals surface area contributed by atoms with Crippen molar-refractivity contribution in [2.75, 3.05) is 27.4 Å². The van der Waals surface area contributed by atoms with Gasteiger partial charge in [0.05, 0.1) is 31.2 Å². The molecule has 0 radical (unpaired) electrons. The molecule has 2 aromatic rings. The lowest BCUT2D eigenvalue weighted by Crippen LogP contribution is -2.31. The predicted octanol–water partition coefficient (Wildman–Crippen LogP) is 3.40. The lowest BCUT2D eigenvalue weighted by atomic mass is 10.0. The zero-order chi connectivity index (χ0) is 24.1. The number of carbonyl (C=O) groups excluding carboxylic acids is 3. The van der Waals surface area contributed by atoms with Gasteiger partial charge in [-0.05, 0) is 23.3 Å². The number of benzene rings is 2. The summed E-state index contributed by atoms with van der Waals surface area (Å²) in [6, 6.07) is 15.4. The van der Waals surface area contributed by atoms with E-state index >= 15 is 0 Å². The molecule has 2 aromatic carbocycles. The van der Waals surface area contributed by atoms with Crippen LogP contribution in [0.4, 0.5) is 4.79 Å². The average molecular weight is 455 g/mol. The van der Waals surface area contributed by atoms with E-state index in [4.69, 9.17) is 14.2 Å². The van der Waals surface area contributed by atoms with Crippen molar-refractivity contribution in [2.45, 2.75) is 19.6 Å². The van der Waals surface area contributed by atoms with Crippen LogP contribution in [-0.2, 0) is 25.6 Å². The molecule has 0 fully saturated rings. The molecule has 0 aliphatic heterocycles. The highest BCUT2D eigenvalue weighted by Crippen LogP contribution is 2.18. The van der Waals surface area contributed by atoms with Crippen LogP contribution in [0.3, 0.4) is 0 Å². The summed E-state index contributed by atoms with van der Waals surface area (Å²) >= 11 is 0. The number of methoxy groups -OCH3 is 2. The van der Waals surface area contributed by atoms with Crippen molar-refractivity contribution >= 4 is 18.0 Å². The van der Waals surface area contributed by atoms with Crippen LogP contribution in [0.5, 0.6) is 0 Å². The summed E-state index contributed by atoms with van der Waals surface area (Å²) in [7, 11) is 2.87. The molecule has 0 saturated heterocycles. The molecule has 0 spiro atoms. The minimum atomic E-state index is -0.609. The maximum atomic E-state index is 12.4. The monoisotopic (exact) mass is 454 g/mol. The molecule has 176 valence electrons. The first-order valence-corrected chi connectivity index (χ1v) is 10.5. The first-order chi connectivity index (χ1) is 15.9. The van der Waals surface area contributed by atoms with E-state index in [9.17, 15) is 14.4 Å². The number of hydrogen-bond acceptors (Lipinski definition) is 6. The summed E-state index contributed by atoms with van der Waals surface area (Å²) in [6.45, 7) is 2.72. The van der Waals surface area contributed by atoms with Gasteiger partial charge in [0.1, 0.15) is 6.61 Å². The summed E-state index contributed by atoms with van der Waals surface area (Å²) in [5, 5.41) is 5.57. The molecule has 2 rings (SSSR count). The van der Waals surface area contributed by atoms with E-state index in [-0.39, 0.29) is 12.5 Å². The number of alkyl carbamates (subject to hydrolysis) is 1. The van der Waals surface area contributed by atoms with Gasteiger partial charge in [-0.2, -0.15) is 0 Å². The third-order valence-electron chi connectivity index (χ3n) is 4.79. The Morgan fingerprint density at radius 3 is 2.30 bits per heavy atom. The van der Waals surface area contributed by atoms with Crippen LogP contribution in [0.25, 0.3) is 0 Å². The Morgan fingerprint density at radius 1 is 0.970 bits per heavy atom. The molecule has 0 heterocycles. The summed E-state index contributed by atoms with van der Waals surface area (Å²) in [5.74, 6) is -1.04. The van der Waals surface area contributed by atoms with E-state index < -0.39 is 24.0 Å². The molecule has 2 atom stereocenters. The molecule has 2 amide bonds. The van der Waals surface area contributed by atoms with Gasteiger partial charge in [0.2, 0.25) is 5.91 Å². The topological polar surface area (TPSA) is 103 Å². The van der Waals surface area contributed by atoms with Crippen molar-refractivity contribution in [3.63, 3.8) is 0 Å². The lowest BCUT2D eigenvalue weighted by Gasteiger charge is -2.17. The third-order valence-corrected chi connectivity index (χ3v) is 4.79. The minimum Gasteiger partial charge on any atom is -0.465 e. The van der Waals surface area contributed by atoms with Crippen LogP contribution < -0.4 is 10.6 Å². The Labute approximate surface area is 193 Å². The van der Waals surface area contributed by atoms with Gasteiger partial charge in [0.25, 0.3) is 0 Å². The Morgan fingerprint density at radius 2 is 1.67 bits per heavy atom.